The Labute approximate surface area is 134 Å². The van der Waals surface area contributed by atoms with E-state index in [0.717, 1.165) is 6.42 Å². The van der Waals surface area contributed by atoms with Crippen molar-refractivity contribution in [2.24, 2.45) is 0 Å². The Morgan fingerprint density at radius 2 is 1.18 bits per heavy atom. The first-order valence-corrected chi connectivity index (χ1v) is 8.38. The molecule has 0 aliphatic heterocycles. The minimum Gasteiger partial charge on any atom is -0.144 e. The molecule has 1 aromatic heterocycles. The van der Waals surface area contributed by atoms with Gasteiger partial charge in [-0.1, -0.05) is 66.7 Å². The molecule has 0 nitrogen and oxygen atoms in total. The summed E-state index contributed by atoms with van der Waals surface area (Å²) >= 11 is 1.79. The van der Waals surface area contributed by atoms with Gasteiger partial charge in [0.1, 0.15) is 0 Å². The van der Waals surface area contributed by atoms with Gasteiger partial charge in [0.15, 0.2) is 0 Å². The molecule has 0 bridgehead atoms. The number of hydrogen-bond acceptors (Lipinski definition) is 1. The van der Waals surface area contributed by atoms with Crippen LogP contribution in [0.4, 0.5) is 0 Å². The SMILES string of the molecule is c1ccc2c(c1)Cc1ccccc1-2.c1ccc2sccc2c1. The van der Waals surface area contributed by atoms with Crippen LogP contribution in [0.5, 0.6) is 0 Å². The summed E-state index contributed by atoms with van der Waals surface area (Å²) in [6.07, 6.45) is 1.10. The molecule has 0 amide bonds. The van der Waals surface area contributed by atoms with Crippen molar-refractivity contribution in [3.05, 3.63) is 95.4 Å². The molecule has 1 aliphatic rings. The summed E-state index contributed by atoms with van der Waals surface area (Å²) in [6.45, 7) is 0. The molecule has 0 saturated heterocycles. The monoisotopic (exact) mass is 300 g/mol. The highest BCUT2D eigenvalue weighted by Gasteiger charge is 2.15. The summed E-state index contributed by atoms with van der Waals surface area (Å²) in [5, 5.41) is 3.47. The van der Waals surface area contributed by atoms with E-state index in [2.05, 4.69) is 84.2 Å². The fraction of sp³-hybridized carbons (Fsp3) is 0.0476. The van der Waals surface area contributed by atoms with E-state index in [0.29, 0.717) is 0 Å². The summed E-state index contributed by atoms with van der Waals surface area (Å²) < 4.78 is 1.37. The van der Waals surface area contributed by atoms with E-state index < -0.39 is 0 Å². The largest absolute Gasteiger partial charge is 0.144 e. The molecule has 0 fully saturated rings. The molecule has 0 radical (unpaired) electrons. The van der Waals surface area contributed by atoms with Crippen LogP contribution < -0.4 is 0 Å². The van der Waals surface area contributed by atoms with Gasteiger partial charge in [0.25, 0.3) is 0 Å². The number of rotatable bonds is 0. The van der Waals surface area contributed by atoms with Crippen LogP contribution in [-0.4, -0.2) is 0 Å². The molecule has 1 aliphatic carbocycles. The van der Waals surface area contributed by atoms with Crippen molar-refractivity contribution in [3.8, 4) is 11.1 Å². The van der Waals surface area contributed by atoms with Crippen LogP contribution in [0.1, 0.15) is 11.1 Å². The molecule has 5 rings (SSSR count). The summed E-state index contributed by atoms with van der Waals surface area (Å²) in [6, 6.07) is 27.9. The second-order valence-electron chi connectivity index (χ2n) is 5.45. The van der Waals surface area contributed by atoms with E-state index in [4.69, 9.17) is 0 Å². The fourth-order valence-corrected chi connectivity index (χ4v) is 3.78. The number of benzene rings is 3. The van der Waals surface area contributed by atoms with Crippen LogP contribution in [0.3, 0.4) is 0 Å². The van der Waals surface area contributed by atoms with Crippen molar-refractivity contribution in [1.29, 1.82) is 0 Å². The van der Waals surface area contributed by atoms with Crippen LogP contribution in [-0.2, 0) is 6.42 Å². The Balaban J connectivity index is 0.000000122. The lowest BCUT2D eigenvalue weighted by Gasteiger charge is -1.98. The van der Waals surface area contributed by atoms with Gasteiger partial charge >= 0.3 is 0 Å². The predicted octanol–water partition coefficient (Wildman–Crippen LogP) is 6.16. The first-order chi connectivity index (χ1) is 10.9. The second-order valence-corrected chi connectivity index (χ2v) is 6.40. The van der Waals surface area contributed by atoms with Gasteiger partial charge in [-0.2, -0.15) is 0 Å². The Morgan fingerprint density at radius 1 is 0.591 bits per heavy atom. The lowest BCUT2D eigenvalue weighted by molar-refractivity contribution is 1.26. The molecule has 3 aromatic carbocycles. The standard InChI is InChI=1S/C13H10.C8H6S/c1-3-7-12-10(5-1)9-11-6-2-4-8-13(11)12;1-2-4-8-7(3-1)5-6-9-8/h1-8H,9H2;1-6H. The van der Waals surface area contributed by atoms with E-state index in [1.807, 2.05) is 0 Å². The van der Waals surface area contributed by atoms with Gasteiger partial charge in [0.05, 0.1) is 0 Å². The van der Waals surface area contributed by atoms with E-state index >= 15 is 0 Å². The topological polar surface area (TPSA) is 0 Å². The average Bonchev–Trinajstić information content (AvgIpc) is 3.19. The normalized spacial score (nSPS) is 11.5. The third-order valence-corrected chi connectivity index (χ3v) is 4.97. The molecule has 0 atom stereocenters. The third kappa shape index (κ3) is 2.44. The van der Waals surface area contributed by atoms with Gasteiger partial charge in [0, 0.05) is 4.70 Å². The smallest absolute Gasteiger partial charge is 0.0342 e. The first-order valence-electron chi connectivity index (χ1n) is 7.50. The Bertz CT molecular complexity index is 844. The summed E-state index contributed by atoms with van der Waals surface area (Å²) in [5.74, 6) is 0. The Morgan fingerprint density at radius 3 is 1.86 bits per heavy atom. The molecule has 0 unspecified atom stereocenters. The number of hydrogen-bond donors (Lipinski definition) is 0. The molecule has 1 heteroatoms. The highest BCUT2D eigenvalue weighted by atomic mass is 32.1. The van der Waals surface area contributed by atoms with Crippen molar-refractivity contribution in [2.75, 3.05) is 0 Å². The van der Waals surface area contributed by atoms with Gasteiger partial charge in [-0.15, -0.1) is 11.3 Å². The van der Waals surface area contributed by atoms with E-state index in [-0.39, 0.29) is 0 Å². The molecular formula is C21H16S. The Kier molecular flexibility index (Phi) is 3.49. The highest BCUT2D eigenvalue weighted by molar-refractivity contribution is 7.17. The minimum atomic E-state index is 1.10. The highest BCUT2D eigenvalue weighted by Crippen LogP contribution is 2.35. The Hall–Kier alpha value is -2.38. The third-order valence-electron chi connectivity index (χ3n) is 4.07. The van der Waals surface area contributed by atoms with Crippen LogP contribution in [0.2, 0.25) is 0 Å². The van der Waals surface area contributed by atoms with Crippen LogP contribution in [0.15, 0.2) is 84.2 Å². The quantitative estimate of drug-likeness (QED) is 0.321. The number of thiophene rings is 1. The molecule has 106 valence electrons. The molecule has 1 heterocycles. The van der Waals surface area contributed by atoms with Gasteiger partial charge in [-0.25, -0.2) is 0 Å². The molecule has 0 N–H and O–H groups in total. The van der Waals surface area contributed by atoms with Crippen LogP contribution in [0.25, 0.3) is 21.2 Å². The number of fused-ring (bicyclic) bond motifs is 4. The van der Waals surface area contributed by atoms with E-state index in [9.17, 15) is 0 Å². The molecule has 0 saturated carbocycles. The average molecular weight is 300 g/mol. The van der Waals surface area contributed by atoms with Gasteiger partial charge in [0.2, 0.25) is 0 Å². The lowest BCUT2D eigenvalue weighted by atomic mass is 10.1. The lowest BCUT2D eigenvalue weighted by Crippen LogP contribution is -1.77. The van der Waals surface area contributed by atoms with Crippen molar-refractivity contribution < 1.29 is 0 Å². The summed E-state index contributed by atoms with van der Waals surface area (Å²) in [5.41, 5.74) is 5.75. The van der Waals surface area contributed by atoms with Crippen molar-refractivity contribution in [1.82, 2.24) is 0 Å². The zero-order valence-corrected chi connectivity index (χ0v) is 13.0. The van der Waals surface area contributed by atoms with Crippen LogP contribution in [0, 0.1) is 0 Å². The zero-order chi connectivity index (χ0) is 14.8. The van der Waals surface area contributed by atoms with Crippen LogP contribution >= 0.6 is 11.3 Å². The van der Waals surface area contributed by atoms with Crippen molar-refractivity contribution in [3.63, 3.8) is 0 Å². The minimum absolute atomic E-state index is 1.10. The van der Waals surface area contributed by atoms with Crippen molar-refractivity contribution >= 4 is 21.4 Å². The second kappa shape index (κ2) is 5.78. The predicted molar refractivity (Wildman–Crippen MR) is 96.5 cm³/mol. The maximum absolute atomic E-state index is 2.22. The van der Waals surface area contributed by atoms with Gasteiger partial charge in [-0.05, 0) is 51.6 Å². The first kappa shape index (κ1) is 13.3. The summed E-state index contributed by atoms with van der Waals surface area (Å²) in [4.78, 5) is 0. The van der Waals surface area contributed by atoms with E-state index in [1.165, 1.54) is 32.3 Å². The molecule has 4 aromatic rings. The molecule has 0 spiro atoms. The van der Waals surface area contributed by atoms with Gasteiger partial charge < -0.3 is 0 Å². The van der Waals surface area contributed by atoms with Crippen molar-refractivity contribution in [2.45, 2.75) is 6.42 Å². The maximum Gasteiger partial charge on any atom is 0.0342 e. The van der Waals surface area contributed by atoms with E-state index in [1.54, 1.807) is 11.3 Å². The zero-order valence-electron chi connectivity index (χ0n) is 12.2. The molecule has 22 heavy (non-hydrogen) atoms. The fourth-order valence-electron chi connectivity index (χ4n) is 2.99. The van der Waals surface area contributed by atoms with Gasteiger partial charge in [-0.3, -0.25) is 0 Å². The molecular weight excluding hydrogens is 284 g/mol. The maximum atomic E-state index is 2.22. The summed E-state index contributed by atoms with van der Waals surface area (Å²) in [7, 11) is 0.